The Balaban J connectivity index is 1.57. The monoisotopic (exact) mass is 688 g/mol. The maximum atomic E-state index is 13.7. The topological polar surface area (TPSA) is 97.4 Å². The van der Waals surface area contributed by atoms with Crippen LogP contribution < -0.4 is 0 Å². The summed E-state index contributed by atoms with van der Waals surface area (Å²) in [7, 11) is -6.22. The SMILES string of the molecule is C=C/C=C1/C[C@H](OC(=O)COS(=O)(=O)c2ccc(C)cc2)[C@]2(C)[C@H](C)CC[C@]3(CCC4(OCCO4)[C@H]32)[C@@H](C)[C@@H]1O[Si](CC)(CC)CC. The third kappa shape index (κ3) is 6.36. The van der Waals surface area contributed by atoms with Gasteiger partial charge in [0.2, 0.25) is 0 Å². The van der Waals surface area contributed by atoms with Crippen molar-refractivity contribution in [2.24, 2.45) is 28.6 Å². The Morgan fingerprint density at radius 2 is 1.68 bits per heavy atom. The number of rotatable bonds is 11. The van der Waals surface area contributed by atoms with Crippen molar-refractivity contribution in [3.63, 3.8) is 0 Å². The van der Waals surface area contributed by atoms with Crippen LogP contribution in [0.2, 0.25) is 18.1 Å². The fraction of sp³-hybridized carbons (Fsp3) is 0.703. The molecule has 0 unspecified atom stereocenters. The van der Waals surface area contributed by atoms with Gasteiger partial charge in [0.1, 0.15) is 6.10 Å². The summed E-state index contributed by atoms with van der Waals surface area (Å²) in [5.74, 6) is -1.15. The first kappa shape index (κ1) is 36.5. The summed E-state index contributed by atoms with van der Waals surface area (Å²) >= 11 is 0. The van der Waals surface area contributed by atoms with Crippen LogP contribution >= 0.6 is 0 Å². The zero-order chi connectivity index (χ0) is 34.3. The van der Waals surface area contributed by atoms with Gasteiger partial charge >= 0.3 is 5.97 Å². The second-order valence-corrected chi connectivity index (χ2v) is 21.1. The van der Waals surface area contributed by atoms with Gasteiger partial charge in [0.15, 0.2) is 20.7 Å². The molecule has 0 N–H and O–H groups in total. The molecule has 4 fully saturated rings. The van der Waals surface area contributed by atoms with E-state index in [1.165, 1.54) is 12.1 Å². The predicted octanol–water partition coefficient (Wildman–Crippen LogP) is 7.73. The molecular weight excluding hydrogens is 633 g/mol. The van der Waals surface area contributed by atoms with E-state index in [0.717, 1.165) is 55.0 Å². The summed E-state index contributed by atoms with van der Waals surface area (Å²) in [6, 6.07) is 9.44. The summed E-state index contributed by atoms with van der Waals surface area (Å²) in [4.78, 5) is 13.7. The Labute approximate surface area is 283 Å². The van der Waals surface area contributed by atoms with Gasteiger partial charge in [0.05, 0.1) is 24.2 Å². The molecule has 5 rings (SSSR count). The minimum Gasteiger partial charge on any atom is -0.460 e. The normalized spacial score (nSPS) is 34.5. The van der Waals surface area contributed by atoms with E-state index >= 15 is 0 Å². The van der Waals surface area contributed by atoms with Crippen molar-refractivity contribution in [2.45, 2.75) is 122 Å². The standard InChI is InChI=1S/C37H56O8SSi/c1-9-13-29-24-31(44-32(38)25-43-46(39,40)30-16-14-26(5)15-17-30)35(8)27(6)18-19-36(20-21-37(34(35)36)41-22-23-42-37)28(7)33(29)45-47(10-2,11-3)12-4/h9,13-17,27-28,31,33-34H,1,10-12,18-25H2,2-8H3/b29-13-/t27-,28+,31+,33+,34+,35+,36+/m1/s1. The molecule has 2 bridgehead atoms. The second kappa shape index (κ2) is 13.8. The van der Waals surface area contributed by atoms with Crippen LogP contribution in [0.15, 0.2) is 53.5 Å². The van der Waals surface area contributed by atoms with Crippen LogP contribution in [0.5, 0.6) is 0 Å². The van der Waals surface area contributed by atoms with Crippen LogP contribution in [0, 0.1) is 35.5 Å². The van der Waals surface area contributed by atoms with Crippen LogP contribution in [0.1, 0.15) is 79.2 Å². The smallest absolute Gasteiger partial charge is 0.333 e. The second-order valence-electron chi connectivity index (χ2n) is 14.7. The molecule has 8 nitrogen and oxygen atoms in total. The highest BCUT2D eigenvalue weighted by Gasteiger charge is 2.73. The summed E-state index contributed by atoms with van der Waals surface area (Å²) in [6.07, 6.45) is 7.29. The van der Waals surface area contributed by atoms with E-state index < -0.39 is 48.3 Å². The summed E-state index contributed by atoms with van der Waals surface area (Å²) < 4.78 is 58.4. The number of ether oxygens (including phenoxy) is 3. The number of hydrogen-bond acceptors (Lipinski definition) is 8. The van der Waals surface area contributed by atoms with E-state index in [1.807, 2.05) is 13.0 Å². The highest BCUT2D eigenvalue weighted by atomic mass is 32.2. The van der Waals surface area contributed by atoms with Crippen LogP contribution in [-0.4, -0.2) is 60.5 Å². The van der Waals surface area contributed by atoms with Crippen LogP contribution in [-0.2, 0) is 37.7 Å². The summed E-state index contributed by atoms with van der Waals surface area (Å²) in [5.41, 5.74) is 1.31. The molecule has 1 aromatic carbocycles. The van der Waals surface area contributed by atoms with Crippen LogP contribution in [0.4, 0.5) is 0 Å². The van der Waals surface area contributed by atoms with Gasteiger partial charge in [0.25, 0.3) is 10.1 Å². The van der Waals surface area contributed by atoms with Crippen LogP contribution in [0.3, 0.4) is 0 Å². The van der Waals surface area contributed by atoms with E-state index in [2.05, 4.69) is 54.2 Å². The van der Waals surface area contributed by atoms with Gasteiger partial charge in [0, 0.05) is 24.2 Å². The third-order valence-corrected chi connectivity index (χ3v) is 18.8. The molecule has 1 spiro atoms. The molecule has 1 saturated heterocycles. The molecule has 3 saturated carbocycles. The number of aryl methyl sites for hydroxylation is 1. The number of esters is 1. The molecule has 47 heavy (non-hydrogen) atoms. The molecule has 3 aliphatic carbocycles. The highest BCUT2D eigenvalue weighted by Crippen LogP contribution is 2.72. The van der Waals surface area contributed by atoms with Gasteiger partial charge in [-0.25, -0.2) is 4.79 Å². The number of benzene rings is 1. The van der Waals surface area contributed by atoms with Crippen molar-refractivity contribution in [3.8, 4) is 0 Å². The molecule has 10 heteroatoms. The predicted molar refractivity (Wildman–Crippen MR) is 185 cm³/mol. The molecule has 4 aliphatic rings. The van der Waals surface area contributed by atoms with Gasteiger partial charge in [-0.15, -0.1) is 0 Å². The lowest BCUT2D eigenvalue weighted by atomic mass is 9.45. The first-order valence-corrected chi connectivity index (χ1v) is 21.6. The first-order valence-electron chi connectivity index (χ1n) is 17.7. The molecule has 262 valence electrons. The highest BCUT2D eigenvalue weighted by molar-refractivity contribution is 7.86. The maximum Gasteiger partial charge on any atom is 0.333 e. The average Bonchev–Trinajstić information content (AvgIpc) is 3.67. The Kier molecular flexibility index (Phi) is 10.7. The van der Waals surface area contributed by atoms with Crippen molar-refractivity contribution in [2.75, 3.05) is 19.8 Å². The van der Waals surface area contributed by atoms with E-state index in [4.69, 9.17) is 22.8 Å². The Hall–Kier alpha value is -1.82. The van der Waals surface area contributed by atoms with Gasteiger partial charge in [-0.2, -0.15) is 8.42 Å². The molecule has 0 aromatic heterocycles. The molecule has 1 heterocycles. The third-order valence-electron chi connectivity index (χ3n) is 12.9. The van der Waals surface area contributed by atoms with Gasteiger partial charge in [-0.05, 0) is 79.3 Å². The lowest BCUT2D eigenvalue weighted by Crippen LogP contribution is -2.65. The summed E-state index contributed by atoms with van der Waals surface area (Å²) in [5, 5.41) is 0. The van der Waals surface area contributed by atoms with Crippen molar-refractivity contribution in [1.82, 2.24) is 0 Å². The number of carbonyl (C=O) groups is 1. The van der Waals surface area contributed by atoms with Gasteiger partial charge < -0.3 is 18.6 Å². The van der Waals surface area contributed by atoms with Crippen LogP contribution in [0.25, 0.3) is 0 Å². The fourth-order valence-electron chi connectivity index (χ4n) is 9.77. The van der Waals surface area contributed by atoms with E-state index in [9.17, 15) is 13.2 Å². The Morgan fingerprint density at radius 3 is 2.28 bits per heavy atom. The van der Waals surface area contributed by atoms with E-state index in [0.29, 0.717) is 19.6 Å². The fourth-order valence-corrected chi connectivity index (χ4v) is 13.5. The van der Waals surface area contributed by atoms with Crippen molar-refractivity contribution in [3.05, 3.63) is 54.1 Å². The number of carbonyl (C=O) groups excluding carboxylic acids is 1. The lowest BCUT2D eigenvalue weighted by molar-refractivity contribution is -0.273. The average molecular weight is 689 g/mol. The van der Waals surface area contributed by atoms with E-state index in [1.54, 1.807) is 12.1 Å². The first-order chi connectivity index (χ1) is 22.3. The zero-order valence-corrected chi connectivity index (χ0v) is 31.3. The molecule has 0 amide bonds. The van der Waals surface area contributed by atoms with Crippen molar-refractivity contribution >= 4 is 24.4 Å². The zero-order valence-electron chi connectivity index (χ0n) is 29.5. The Bertz CT molecular complexity index is 1420. The summed E-state index contributed by atoms with van der Waals surface area (Å²) in [6.45, 7) is 20.0. The largest absolute Gasteiger partial charge is 0.460 e. The lowest BCUT2D eigenvalue weighted by Gasteiger charge is -2.63. The van der Waals surface area contributed by atoms with Gasteiger partial charge in [-0.3, -0.25) is 4.18 Å². The minimum absolute atomic E-state index is 0.00327. The van der Waals surface area contributed by atoms with E-state index in [-0.39, 0.29) is 34.2 Å². The van der Waals surface area contributed by atoms with Gasteiger partial charge in [-0.1, -0.05) is 78.0 Å². The minimum atomic E-state index is -4.15. The molecule has 1 aliphatic heterocycles. The molecule has 7 atom stereocenters. The molecule has 0 radical (unpaired) electrons. The molecular formula is C37H56O8SSi. The maximum absolute atomic E-state index is 13.7. The van der Waals surface area contributed by atoms with Crippen molar-refractivity contribution in [1.29, 1.82) is 0 Å². The number of hydrogen-bond donors (Lipinski definition) is 0. The van der Waals surface area contributed by atoms with Crippen molar-refractivity contribution < 1.29 is 36.0 Å². The Morgan fingerprint density at radius 1 is 1.04 bits per heavy atom. The molecule has 1 aromatic rings. The quantitative estimate of drug-likeness (QED) is 0.132. The number of allylic oxidation sites excluding steroid dienone is 2.